The zero-order valence-electron chi connectivity index (χ0n) is 11.3. The third-order valence-electron chi connectivity index (χ3n) is 2.61. The highest BCUT2D eigenvalue weighted by molar-refractivity contribution is 7.91. The van der Waals surface area contributed by atoms with Crippen molar-refractivity contribution in [3.8, 4) is 0 Å². The predicted molar refractivity (Wildman–Crippen MR) is 77.2 cm³/mol. The minimum absolute atomic E-state index is 0.0555. The Hall–Kier alpha value is -1.22. The van der Waals surface area contributed by atoms with Gasteiger partial charge in [0.15, 0.2) is 0 Å². The number of sulfonamides is 1. The standard InChI is InChI=1S/C12H17N3O3S2/c1-9-7-14-11(18-9)8-15-20(16,17)12-4-3-10(19-12)5-6-13-2/h3-4,7,13,15H,5-6,8H2,1-2H3. The van der Waals surface area contributed by atoms with Gasteiger partial charge in [0, 0.05) is 4.88 Å². The molecule has 0 amide bonds. The second-order valence-corrected chi connectivity index (χ2v) is 7.43. The summed E-state index contributed by atoms with van der Waals surface area (Å²) in [6, 6.07) is 3.46. The van der Waals surface area contributed by atoms with Crippen molar-refractivity contribution in [3.05, 3.63) is 34.9 Å². The summed E-state index contributed by atoms with van der Waals surface area (Å²) < 4.78 is 32.3. The first-order valence-electron chi connectivity index (χ1n) is 6.15. The average Bonchev–Trinajstić information content (AvgIpc) is 3.03. The van der Waals surface area contributed by atoms with E-state index in [-0.39, 0.29) is 6.54 Å². The fourth-order valence-electron chi connectivity index (χ4n) is 1.60. The van der Waals surface area contributed by atoms with E-state index < -0.39 is 10.0 Å². The van der Waals surface area contributed by atoms with E-state index >= 15 is 0 Å². The lowest BCUT2D eigenvalue weighted by Gasteiger charge is -2.01. The molecular weight excluding hydrogens is 298 g/mol. The third-order valence-corrected chi connectivity index (χ3v) is 5.64. The Morgan fingerprint density at radius 1 is 1.40 bits per heavy atom. The lowest BCUT2D eigenvalue weighted by molar-refractivity contribution is 0.463. The van der Waals surface area contributed by atoms with Crippen molar-refractivity contribution >= 4 is 21.4 Å². The molecule has 110 valence electrons. The lowest BCUT2D eigenvalue weighted by Crippen LogP contribution is -2.22. The van der Waals surface area contributed by atoms with Crippen LogP contribution in [0.4, 0.5) is 0 Å². The molecule has 0 aliphatic rings. The first-order chi connectivity index (χ1) is 9.51. The highest BCUT2D eigenvalue weighted by Crippen LogP contribution is 2.21. The molecule has 2 N–H and O–H groups in total. The monoisotopic (exact) mass is 315 g/mol. The molecule has 0 bridgehead atoms. The Kier molecular flexibility index (Phi) is 4.92. The van der Waals surface area contributed by atoms with Gasteiger partial charge in [-0.15, -0.1) is 11.3 Å². The molecule has 8 heteroatoms. The highest BCUT2D eigenvalue weighted by Gasteiger charge is 2.17. The van der Waals surface area contributed by atoms with E-state index in [0.29, 0.717) is 15.9 Å². The third kappa shape index (κ3) is 3.89. The molecule has 20 heavy (non-hydrogen) atoms. The van der Waals surface area contributed by atoms with Gasteiger partial charge in [-0.3, -0.25) is 0 Å². The van der Waals surface area contributed by atoms with Gasteiger partial charge in [-0.25, -0.2) is 18.1 Å². The maximum Gasteiger partial charge on any atom is 0.250 e. The number of rotatable bonds is 7. The van der Waals surface area contributed by atoms with E-state index in [1.54, 1.807) is 19.2 Å². The predicted octanol–water partition coefficient (Wildman–Crippen LogP) is 1.28. The largest absolute Gasteiger partial charge is 0.445 e. The van der Waals surface area contributed by atoms with Gasteiger partial charge in [-0.1, -0.05) is 0 Å². The molecular formula is C12H17N3O3S2. The molecule has 0 aliphatic heterocycles. The van der Waals surface area contributed by atoms with E-state index in [9.17, 15) is 8.42 Å². The van der Waals surface area contributed by atoms with Crippen molar-refractivity contribution < 1.29 is 12.8 Å². The summed E-state index contributed by atoms with van der Waals surface area (Å²) in [7, 11) is -1.64. The Balaban J connectivity index is 2.00. The van der Waals surface area contributed by atoms with Crippen LogP contribution in [0.5, 0.6) is 0 Å². The van der Waals surface area contributed by atoms with Gasteiger partial charge in [-0.05, 0) is 39.1 Å². The second kappa shape index (κ2) is 6.49. The van der Waals surface area contributed by atoms with Gasteiger partial charge < -0.3 is 9.73 Å². The maximum absolute atomic E-state index is 12.1. The molecule has 0 spiro atoms. The first-order valence-corrected chi connectivity index (χ1v) is 8.45. The molecule has 6 nitrogen and oxygen atoms in total. The number of aryl methyl sites for hydroxylation is 1. The van der Waals surface area contributed by atoms with Crippen molar-refractivity contribution in [2.75, 3.05) is 13.6 Å². The summed E-state index contributed by atoms with van der Waals surface area (Å²) >= 11 is 1.28. The van der Waals surface area contributed by atoms with E-state index in [0.717, 1.165) is 17.8 Å². The summed E-state index contributed by atoms with van der Waals surface area (Å²) in [6.07, 6.45) is 2.38. The number of likely N-dealkylation sites (N-methyl/N-ethyl adjacent to an activating group) is 1. The number of nitrogens with one attached hydrogen (secondary N) is 2. The molecule has 0 radical (unpaired) electrons. The molecule has 0 saturated heterocycles. The van der Waals surface area contributed by atoms with Crippen LogP contribution in [0.25, 0.3) is 0 Å². The number of nitrogens with zero attached hydrogens (tertiary/aromatic N) is 1. The summed E-state index contributed by atoms with van der Waals surface area (Å²) in [5.41, 5.74) is 0. The van der Waals surface area contributed by atoms with Crippen molar-refractivity contribution in [2.24, 2.45) is 0 Å². The Morgan fingerprint density at radius 2 is 2.20 bits per heavy atom. The van der Waals surface area contributed by atoms with Crippen LogP contribution in [-0.4, -0.2) is 27.0 Å². The van der Waals surface area contributed by atoms with Crippen molar-refractivity contribution in [2.45, 2.75) is 24.1 Å². The van der Waals surface area contributed by atoms with Crippen molar-refractivity contribution in [1.82, 2.24) is 15.0 Å². The number of hydrogen-bond donors (Lipinski definition) is 2. The smallest absolute Gasteiger partial charge is 0.250 e. The highest BCUT2D eigenvalue weighted by atomic mass is 32.2. The lowest BCUT2D eigenvalue weighted by atomic mass is 10.3. The summed E-state index contributed by atoms with van der Waals surface area (Å²) in [4.78, 5) is 4.99. The number of hydrogen-bond acceptors (Lipinski definition) is 6. The molecule has 0 unspecified atom stereocenters. The van der Waals surface area contributed by atoms with Crippen LogP contribution in [0.15, 0.2) is 27.0 Å². The van der Waals surface area contributed by atoms with Gasteiger partial charge in [-0.2, -0.15) is 0 Å². The van der Waals surface area contributed by atoms with Crippen molar-refractivity contribution in [3.63, 3.8) is 0 Å². The molecule has 0 aromatic carbocycles. The van der Waals surface area contributed by atoms with Gasteiger partial charge >= 0.3 is 0 Å². The van der Waals surface area contributed by atoms with E-state index in [4.69, 9.17) is 4.42 Å². The molecule has 2 rings (SSSR count). The molecule has 0 atom stereocenters. The van der Waals surface area contributed by atoms with Crippen molar-refractivity contribution in [1.29, 1.82) is 0 Å². The topological polar surface area (TPSA) is 84.2 Å². The first kappa shape index (κ1) is 15.2. The molecule has 0 aliphatic carbocycles. The molecule has 0 fully saturated rings. The summed E-state index contributed by atoms with van der Waals surface area (Å²) in [6.45, 7) is 2.64. The molecule has 2 heterocycles. The Labute approximate surface area is 122 Å². The van der Waals surface area contributed by atoms with Crippen LogP contribution in [0.3, 0.4) is 0 Å². The minimum Gasteiger partial charge on any atom is -0.445 e. The van der Waals surface area contributed by atoms with Crippen LogP contribution >= 0.6 is 11.3 Å². The zero-order chi connectivity index (χ0) is 14.6. The van der Waals surface area contributed by atoms with E-state index in [2.05, 4.69) is 15.0 Å². The number of aromatic nitrogens is 1. The van der Waals surface area contributed by atoms with Gasteiger partial charge in [0.25, 0.3) is 10.0 Å². The average molecular weight is 315 g/mol. The van der Waals surface area contributed by atoms with Gasteiger partial charge in [0.05, 0.1) is 12.7 Å². The summed E-state index contributed by atoms with van der Waals surface area (Å²) in [5.74, 6) is 1.02. The molecule has 0 saturated carbocycles. The van der Waals surface area contributed by atoms with Crippen LogP contribution in [-0.2, 0) is 23.0 Å². The molecule has 2 aromatic heterocycles. The van der Waals surface area contributed by atoms with Crippen LogP contribution in [0.2, 0.25) is 0 Å². The van der Waals surface area contributed by atoms with E-state index in [1.807, 2.05) is 13.1 Å². The Bertz CT molecular complexity index is 661. The van der Waals surface area contributed by atoms with Gasteiger partial charge in [0.1, 0.15) is 9.97 Å². The normalized spacial score (nSPS) is 11.9. The quantitative estimate of drug-likeness (QED) is 0.804. The maximum atomic E-state index is 12.1. The van der Waals surface area contributed by atoms with Crippen LogP contribution < -0.4 is 10.0 Å². The van der Waals surface area contributed by atoms with Crippen LogP contribution in [0, 0.1) is 6.92 Å². The number of oxazole rings is 1. The zero-order valence-corrected chi connectivity index (χ0v) is 13.0. The van der Waals surface area contributed by atoms with Crippen LogP contribution in [0.1, 0.15) is 16.5 Å². The second-order valence-electron chi connectivity index (χ2n) is 4.26. The SMILES string of the molecule is CNCCc1ccc(S(=O)(=O)NCc2ncc(C)o2)s1. The number of thiophene rings is 1. The fraction of sp³-hybridized carbons (Fsp3) is 0.417. The molecule has 2 aromatic rings. The minimum atomic E-state index is -3.51. The summed E-state index contributed by atoms with van der Waals surface area (Å²) in [5, 5.41) is 3.03. The van der Waals surface area contributed by atoms with Gasteiger partial charge in [0.2, 0.25) is 5.89 Å². The van der Waals surface area contributed by atoms with E-state index in [1.165, 1.54) is 11.3 Å². The Morgan fingerprint density at radius 3 is 2.85 bits per heavy atom. The fourth-order valence-corrected chi connectivity index (χ4v) is 3.97.